The second kappa shape index (κ2) is 11.3. The van der Waals surface area contributed by atoms with Gasteiger partial charge in [-0.25, -0.2) is 8.42 Å². The van der Waals surface area contributed by atoms with E-state index < -0.39 is 44.2 Å². The Morgan fingerprint density at radius 2 is 1.87 bits per heavy atom. The Morgan fingerprint density at radius 3 is 2.42 bits per heavy atom. The minimum atomic E-state index is -3.77. The fourth-order valence-corrected chi connectivity index (χ4v) is 5.62. The lowest BCUT2D eigenvalue weighted by atomic mass is 9.99. The molecular weight excluding hydrogens is 440 g/mol. The van der Waals surface area contributed by atoms with Gasteiger partial charge in [-0.15, -0.1) is 0 Å². The van der Waals surface area contributed by atoms with E-state index in [1.165, 1.54) is 23.1 Å². The van der Waals surface area contributed by atoms with Crippen LogP contribution in [0.5, 0.6) is 0 Å². The Hall–Kier alpha value is -1.66. The van der Waals surface area contributed by atoms with E-state index in [0.29, 0.717) is 12.2 Å². The number of hydroxylamine groups is 3. The molecule has 0 spiro atoms. The fraction of sp³-hybridized carbons (Fsp3) is 0.600. The third-order valence-electron chi connectivity index (χ3n) is 5.42. The smallest absolute Gasteiger partial charge is 0.240 e. The van der Waals surface area contributed by atoms with Crippen molar-refractivity contribution in [3.8, 4) is 0 Å². The lowest BCUT2D eigenvalue weighted by Gasteiger charge is -2.44. The number of benzene rings is 1. The molecule has 1 aromatic carbocycles. The molecule has 9 nitrogen and oxygen atoms in total. The summed E-state index contributed by atoms with van der Waals surface area (Å²) >= 11 is 1.53. The highest BCUT2D eigenvalue weighted by Gasteiger charge is 2.35. The maximum atomic E-state index is 13.0. The molecule has 2 rings (SSSR count). The molecule has 1 aromatic rings. The fourth-order valence-electron chi connectivity index (χ4n) is 3.44. The van der Waals surface area contributed by atoms with Gasteiger partial charge in [0.25, 0.3) is 0 Å². The number of quaternary nitrogens is 1. The number of rotatable bonds is 11. The molecule has 1 aliphatic heterocycles. The summed E-state index contributed by atoms with van der Waals surface area (Å²) in [6, 6.07) is 8.28. The topological polar surface area (TPSA) is 133 Å². The Labute approximate surface area is 188 Å². The number of nitrogens with two attached hydrogens (primary N) is 1. The first kappa shape index (κ1) is 25.6. The van der Waals surface area contributed by atoms with Crippen molar-refractivity contribution in [2.45, 2.75) is 18.9 Å². The van der Waals surface area contributed by atoms with Gasteiger partial charge in [0.2, 0.25) is 21.8 Å². The number of carbonyl (C=O) groups excluding carboxylic acids is 2. The standard InChI is InChI=1S/C20H32N4O5S2/c1-24(27)11-9-23(10-12-24)31(28,29)15-17(14-16-6-4-3-5-7-16)20(26)22-18(19(21)25)8-13-30-2/h3-7,17-18H,8-15H2,1-2H3,(H2,21,25)(H,22,26)/t17?,18-/m0/s1. The average molecular weight is 473 g/mol. The summed E-state index contributed by atoms with van der Waals surface area (Å²) in [7, 11) is -2.25. The number of thioether (sulfide) groups is 1. The number of nitrogens with one attached hydrogen (secondary N) is 1. The molecule has 31 heavy (non-hydrogen) atoms. The Morgan fingerprint density at radius 1 is 1.26 bits per heavy atom. The normalized spacial score (nSPS) is 18.8. The Kier molecular flexibility index (Phi) is 9.31. The molecule has 0 saturated carbocycles. The molecule has 174 valence electrons. The number of likely N-dealkylation sites (N-methyl/N-ethyl adjacent to an activating group) is 1. The van der Waals surface area contributed by atoms with Gasteiger partial charge in [-0.3, -0.25) is 9.59 Å². The summed E-state index contributed by atoms with van der Waals surface area (Å²) in [5.41, 5.74) is 6.25. The third kappa shape index (κ3) is 8.08. The van der Waals surface area contributed by atoms with Crippen LogP contribution in [-0.4, -0.2) is 86.2 Å². The van der Waals surface area contributed by atoms with Crippen LogP contribution in [0.1, 0.15) is 12.0 Å². The van der Waals surface area contributed by atoms with Crippen LogP contribution >= 0.6 is 11.8 Å². The van der Waals surface area contributed by atoms with E-state index >= 15 is 0 Å². The molecule has 1 fully saturated rings. The van der Waals surface area contributed by atoms with Gasteiger partial charge in [-0.2, -0.15) is 16.1 Å². The van der Waals surface area contributed by atoms with Crippen LogP contribution in [0.2, 0.25) is 0 Å². The molecule has 1 saturated heterocycles. The van der Waals surface area contributed by atoms with Gasteiger partial charge in [0, 0.05) is 0 Å². The van der Waals surface area contributed by atoms with Crippen molar-refractivity contribution in [2.24, 2.45) is 11.7 Å². The molecule has 0 aliphatic carbocycles. The van der Waals surface area contributed by atoms with Crippen molar-refractivity contribution < 1.29 is 22.7 Å². The van der Waals surface area contributed by atoms with Crippen LogP contribution in [0.4, 0.5) is 0 Å². The Balaban J connectivity index is 2.17. The predicted octanol–water partition coefficient (Wildman–Crippen LogP) is 0.158. The number of sulfonamides is 1. The van der Waals surface area contributed by atoms with E-state index in [2.05, 4.69) is 5.32 Å². The predicted molar refractivity (Wildman–Crippen MR) is 122 cm³/mol. The van der Waals surface area contributed by atoms with Crippen LogP contribution < -0.4 is 11.1 Å². The van der Waals surface area contributed by atoms with Crippen molar-refractivity contribution in [1.29, 1.82) is 0 Å². The first-order valence-corrected chi connectivity index (χ1v) is 13.2. The molecule has 0 aromatic heterocycles. The van der Waals surface area contributed by atoms with Crippen molar-refractivity contribution in [3.05, 3.63) is 41.1 Å². The lowest BCUT2D eigenvalue weighted by Crippen LogP contribution is -2.56. The van der Waals surface area contributed by atoms with Gasteiger partial charge in [-0.1, -0.05) is 30.3 Å². The molecule has 0 radical (unpaired) electrons. The van der Waals surface area contributed by atoms with E-state index in [1.807, 2.05) is 36.6 Å². The van der Waals surface area contributed by atoms with Crippen LogP contribution in [0.25, 0.3) is 0 Å². The summed E-state index contributed by atoms with van der Waals surface area (Å²) in [4.78, 5) is 24.8. The molecule has 1 heterocycles. The number of primary amides is 1. The summed E-state index contributed by atoms with van der Waals surface area (Å²) in [5, 5.41) is 14.7. The van der Waals surface area contributed by atoms with Crippen LogP contribution in [0.3, 0.4) is 0 Å². The van der Waals surface area contributed by atoms with Gasteiger partial charge >= 0.3 is 0 Å². The van der Waals surface area contributed by atoms with Crippen LogP contribution in [-0.2, 0) is 26.0 Å². The molecule has 3 N–H and O–H groups in total. The highest BCUT2D eigenvalue weighted by molar-refractivity contribution is 7.98. The first-order chi connectivity index (χ1) is 14.5. The van der Waals surface area contributed by atoms with Crippen LogP contribution in [0.15, 0.2) is 30.3 Å². The Bertz CT molecular complexity index is 838. The second-order valence-corrected chi connectivity index (χ2v) is 11.1. The number of carbonyl (C=O) groups is 2. The molecule has 1 aliphatic rings. The molecule has 0 bridgehead atoms. The number of hydrogen-bond acceptors (Lipinski definition) is 6. The van der Waals surface area contributed by atoms with E-state index in [0.717, 1.165) is 5.56 Å². The monoisotopic (exact) mass is 472 g/mol. The zero-order chi connectivity index (χ0) is 23.1. The maximum Gasteiger partial charge on any atom is 0.240 e. The summed E-state index contributed by atoms with van der Waals surface area (Å²) in [6.07, 6.45) is 2.47. The van der Waals surface area contributed by atoms with E-state index in [9.17, 15) is 23.2 Å². The van der Waals surface area contributed by atoms with Crippen molar-refractivity contribution >= 4 is 33.6 Å². The molecule has 11 heteroatoms. The summed E-state index contributed by atoms with van der Waals surface area (Å²) in [6.45, 7) is 0.597. The van der Waals surface area contributed by atoms with Crippen molar-refractivity contribution in [3.63, 3.8) is 0 Å². The highest BCUT2D eigenvalue weighted by Crippen LogP contribution is 2.18. The van der Waals surface area contributed by atoms with Crippen molar-refractivity contribution in [2.75, 3.05) is 51.0 Å². The highest BCUT2D eigenvalue weighted by atomic mass is 32.2. The van der Waals surface area contributed by atoms with E-state index in [-0.39, 0.29) is 32.6 Å². The number of amides is 2. The zero-order valence-electron chi connectivity index (χ0n) is 18.0. The van der Waals surface area contributed by atoms with Crippen LogP contribution in [0, 0.1) is 11.1 Å². The largest absolute Gasteiger partial charge is 0.633 e. The maximum absolute atomic E-state index is 13.0. The molecular formula is C20H32N4O5S2. The van der Waals surface area contributed by atoms with E-state index in [1.54, 1.807) is 0 Å². The number of nitrogens with zero attached hydrogens (tertiary/aromatic N) is 2. The minimum absolute atomic E-state index is 0.125. The van der Waals surface area contributed by atoms with Gasteiger partial charge in [0.15, 0.2) is 0 Å². The van der Waals surface area contributed by atoms with Gasteiger partial charge in [-0.05, 0) is 30.4 Å². The zero-order valence-corrected chi connectivity index (χ0v) is 19.7. The quantitative estimate of drug-likeness (QED) is 0.348. The third-order valence-corrected chi connectivity index (χ3v) is 8.04. The molecule has 1 unspecified atom stereocenters. The SMILES string of the molecule is CSCC[C@H](NC(=O)C(Cc1ccccc1)CS(=O)(=O)N1CC[N+](C)([O-])CC1)C(N)=O. The van der Waals surface area contributed by atoms with Crippen molar-refractivity contribution in [1.82, 2.24) is 9.62 Å². The second-order valence-electron chi connectivity index (χ2n) is 8.05. The molecule has 2 atom stereocenters. The molecule has 2 amide bonds. The summed E-state index contributed by atoms with van der Waals surface area (Å²) < 4.78 is 26.9. The lowest BCUT2D eigenvalue weighted by molar-refractivity contribution is -0.864. The minimum Gasteiger partial charge on any atom is -0.633 e. The first-order valence-electron chi connectivity index (χ1n) is 10.2. The number of piperazine rings is 1. The van der Waals surface area contributed by atoms with Gasteiger partial charge in [0.05, 0.1) is 44.9 Å². The average Bonchev–Trinajstić information content (AvgIpc) is 2.70. The van der Waals surface area contributed by atoms with Gasteiger partial charge < -0.3 is 20.9 Å². The summed E-state index contributed by atoms with van der Waals surface area (Å²) in [5.74, 6) is -1.82. The van der Waals surface area contributed by atoms with Gasteiger partial charge in [0.1, 0.15) is 6.04 Å². The number of hydrogen-bond donors (Lipinski definition) is 2. The van der Waals surface area contributed by atoms with E-state index in [4.69, 9.17) is 5.73 Å².